The number of anilines is 2. The van der Waals surface area contributed by atoms with Crippen molar-refractivity contribution in [1.82, 2.24) is 0 Å². The van der Waals surface area contributed by atoms with Crippen LogP contribution in [0.2, 0.25) is 0 Å². The minimum atomic E-state index is 0.674. The van der Waals surface area contributed by atoms with Crippen LogP contribution >= 0.6 is 31.9 Å². The van der Waals surface area contributed by atoms with Crippen LogP contribution in [0.3, 0.4) is 0 Å². The molecule has 0 radical (unpaired) electrons. The Kier molecular flexibility index (Phi) is 4.05. The van der Waals surface area contributed by atoms with Crippen molar-refractivity contribution in [3.8, 4) is 6.07 Å². The van der Waals surface area contributed by atoms with E-state index in [4.69, 9.17) is 5.26 Å². The summed E-state index contributed by atoms with van der Waals surface area (Å²) in [6.45, 7) is 1.98. The van der Waals surface area contributed by atoms with Gasteiger partial charge >= 0.3 is 0 Å². The monoisotopic (exact) mass is 364 g/mol. The third-order valence-corrected chi connectivity index (χ3v) is 3.71. The molecule has 18 heavy (non-hydrogen) atoms. The molecule has 0 aromatic heterocycles. The second-order valence-corrected chi connectivity index (χ2v) is 5.66. The van der Waals surface area contributed by atoms with Gasteiger partial charge in [0, 0.05) is 14.6 Å². The molecule has 90 valence electrons. The van der Waals surface area contributed by atoms with E-state index in [-0.39, 0.29) is 0 Å². The molecule has 2 aromatic rings. The van der Waals surface area contributed by atoms with Crippen LogP contribution in [-0.2, 0) is 0 Å². The zero-order chi connectivity index (χ0) is 13.1. The molecule has 0 aliphatic heterocycles. The molecule has 2 aromatic carbocycles. The van der Waals surface area contributed by atoms with Crippen molar-refractivity contribution < 1.29 is 0 Å². The van der Waals surface area contributed by atoms with E-state index in [1.807, 2.05) is 43.3 Å². The summed E-state index contributed by atoms with van der Waals surface area (Å²) in [4.78, 5) is 0. The number of hydrogen-bond acceptors (Lipinski definition) is 2. The van der Waals surface area contributed by atoms with Crippen LogP contribution in [-0.4, -0.2) is 0 Å². The van der Waals surface area contributed by atoms with E-state index in [1.165, 1.54) is 0 Å². The van der Waals surface area contributed by atoms with Crippen molar-refractivity contribution in [3.63, 3.8) is 0 Å². The van der Waals surface area contributed by atoms with Crippen molar-refractivity contribution in [2.75, 3.05) is 5.32 Å². The van der Waals surface area contributed by atoms with Gasteiger partial charge in [0.25, 0.3) is 0 Å². The topological polar surface area (TPSA) is 35.8 Å². The van der Waals surface area contributed by atoms with Crippen LogP contribution in [0, 0.1) is 18.3 Å². The van der Waals surface area contributed by atoms with Gasteiger partial charge in [-0.15, -0.1) is 0 Å². The van der Waals surface area contributed by atoms with Gasteiger partial charge in [0.1, 0.15) is 0 Å². The van der Waals surface area contributed by atoms with Crippen molar-refractivity contribution in [2.45, 2.75) is 6.92 Å². The fourth-order valence-corrected chi connectivity index (χ4v) is 2.76. The number of nitrogens with zero attached hydrogens (tertiary/aromatic N) is 1. The molecular weight excluding hydrogens is 356 g/mol. The van der Waals surface area contributed by atoms with Crippen LogP contribution in [0.15, 0.2) is 45.3 Å². The number of nitriles is 1. The fourth-order valence-electron chi connectivity index (χ4n) is 1.61. The Labute approximate surface area is 123 Å². The van der Waals surface area contributed by atoms with Crippen LogP contribution in [0.4, 0.5) is 11.4 Å². The lowest BCUT2D eigenvalue weighted by atomic mass is 10.1. The van der Waals surface area contributed by atoms with Crippen molar-refractivity contribution in [2.24, 2.45) is 0 Å². The van der Waals surface area contributed by atoms with Crippen molar-refractivity contribution in [3.05, 3.63) is 56.5 Å². The maximum absolute atomic E-state index is 8.83. The van der Waals surface area contributed by atoms with E-state index in [1.54, 1.807) is 0 Å². The van der Waals surface area contributed by atoms with Gasteiger partial charge in [-0.25, -0.2) is 0 Å². The normalized spacial score (nSPS) is 9.89. The molecule has 2 rings (SSSR count). The second-order valence-electron chi connectivity index (χ2n) is 3.89. The molecule has 0 fully saturated rings. The number of halogens is 2. The average Bonchev–Trinajstić information content (AvgIpc) is 2.34. The van der Waals surface area contributed by atoms with Crippen LogP contribution < -0.4 is 5.32 Å². The van der Waals surface area contributed by atoms with Gasteiger partial charge in [0.05, 0.1) is 17.3 Å². The average molecular weight is 366 g/mol. The summed E-state index contributed by atoms with van der Waals surface area (Å²) in [5.41, 5.74) is 3.71. The zero-order valence-electron chi connectivity index (χ0n) is 9.67. The molecule has 0 aliphatic carbocycles. The van der Waals surface area contributed by atoms with Gasteiger partial charge < -0.3 is 5.32 Å². The van der Waals surface area contributed by atoms with Crippen LogP contribution in [0.5, 0.6) is 0 Å². The Balaban J connectivity index is 2.32. The number of aryl methyl sites for hydroxylation is 1. The predicted molar refractivity (Wildman–Crippen MR) is 81.0 cm³/mol. The lowest BCUT2D eigenvalue weighted by molar-refractivity contribution is 1.39. The number of rotatable bonds is 2. The van der Waals surface area contributed by atoms with Crippen LogP contribution in [0.25, 0.3) is 0 Å². The van der Waals surface area contributed by atoms with Gasteiger partial charge in [-0.3, -0.25) is 0 Å². The number of nitrogens with one attached hydrogen (secondary N) is 1. The molecule has 0 heterocycles. The molecule has 0 unspecified atom stereocenters. The summed E-state index contributed by atoms with van der Waals surface area (Å²) >= 11 is 6.93. The predicted octanol–water partition coefficient (Wildman–Crippen LogP) is 5.14. The third kappa shape index (κ3) is 2.92. The van der Waals surface area contributed by atoms with Gasteiger partial charge in [0.15, 0.2) is 0 Å². The summed E-state index contributed by atoms with van der Waals surface area (Å²) in [6, 6.07) is 13.7. The van der Waals surface area contributed by atoms with E-state index in [0.29, 0.717) is 5.56 Å². The SMILES string of the molecule is Cc1cc(C#N)ccc1Nc1ccc(Br)cc1Br. The van der Waals surface area contributed by atoms with Gasteiger partial charge in [-0.05, 0) is 64.8 Å². The summed E-state index contributed by atoms with van der Waals surface area (Å²) in [5, 5.41) is 12.2. The summed E-state index contributed by atoms with van der Waals surface area (Å²) in [5.74, 6) is 0. The standard InChI is InChI=1S/C14H10Br2N2/c1-9-6-10(8-17)2-4-13(9)18-14-5-3-11(15)7-12(14)16/h2-7,18H,1H3. The maximum atomic E-state index is 8.83. The van der Waals surface area contributed by atoms with Crippen molar-refractivity contribution in [1.29, 1.82) is 5.26 Å². The molecule has 0 amide bonds. The molecule has 0 bridgehead atoms. The fraction of sp³-hybridized carbons (Fsp3) is 0.0714. The number of hydrogen-bond donors (Lipinski definition) is 1. The lowest BCUT2D eigenvalue weighted by Crippen LogP contribution is -1.94. The number of benzene rings is 2. The molecule has 0 spiro atoms. The van der Waals surface area contributed by atoms with Gasteiger partial charge in [-0.2, -0.15) is 5.26 Å². The van der Waals surface area contributed by atoms with E-state index < -0.39 is 0 Å². The highest BCUT2D eigenvalue weighted by Crippen LogP contribution is 2.30. The molecule has 0 saturated carbocycles. The highest BCUT2D eigenvalue weighted by molar-refractivity contribution is 9.11. The molecule has 0 saturated heterocycles. The highest BCUT2D eigenvalue weighted by atomic mass is 79.9. The molecule has 2 nitrogen and oxygen atoms in total. The Morgan fingerprint density at radius 1 is 1.06 bits per heavy atom. The zero-order valence-corrected chi connectivity index (χ0v) is 12.8. The minimum Gasteiger partial charge on any atom is -0.354 e. The maximum Gasteiger partial charge on any atom is 0.0991 e. The Morgan fingerprint density at radius 3 is 2.39 bits per heavy atom. The van der Waals surface area contributed by atoms with E-state index in [9.17, 15) is 0 Å². The highest BCUT2D eigenvalue weighted by Gasteiger charge is 2.04. The summed E-state index contributed by atoms with van der Waals surface area (Å²) in [6.07, 6.45) is 0. The quantitative estimate of drug-likeness (QED) is 0.800. The lowest BCUT2D eigenvalue weighted by Gasteiger charge is -2.11. The molecule has 1 N–H and O–H groups in total. The first kappa shape index (κ1) is 13.1. The summed E-state index contributed by atoms with van der Waals surface area (Å²) in [7, 11) is 0. The Hall–Kier alpha value is -1.31. The molecular formula is C14H10Br2N2. The summed E-state index contributed by atoms with van der Waals surface area (Å²) < 4.78 is 2.01. The first-order valence-electron chi connectivity index (χ1n) is 5.33. The molecule has 4 heteroatoms. The van der Waals surface area contributed by atoms with Crippen molar-refractivity contribution >= 4 is 43.2 Å². The van der Waals surface area contributed by atoms with E-state index >= 15 is 0 Å². The van der Waals surface area contributed by atoms with Crippen LogP contribution in [0.1, 0.15) is 11.1 Å². The second kappa shape index (κ2) is 5.55. The Morgan fingerprint density at radius 2 is 1.78 bits per heavy atom. The minimum absolute atomic E-state index is 0.674. The van der Waals surface area contributed by atoms with E-state index in [2.05, 4.69) is 43.2 Å². The van der Waals surface area contributed by atoms with Gasteiger partial charge in [0.2, 0.25) is 0 Å². The molecule has 0 aliphatic rings. The largest absolute Gasteiger partial charge is 0.354 e. The smallest absolute Gasteiger partial charge is 0.0991 e. The first-order valence-corrected chi connectivity index (χ1v) is 6.91. The first-order chi connectivity index (χ1) is 8.60. The third-order valence-electron chi connectivity index (χ3n) is 2.56. The van der Waals surface area contributed by atoms with E-state index in [0.717, 1.165) is 25.9 Å². The van der Waals surface area contributed by atoms with Gasteiger partial charge in [-0.1, -0.05) is 15.9 Å². The molecule has 0 atom stereocenters. The Bertz CT molecular complexity index is 630.